The lowest BCUT2D eigenvalue weighted by molar-refractivity contribution is -0.129. The molecule has 2 unspecified atom stereocenters. The van der Waals surface area contributed by atoms with E-state index in [9.17, 15) is 4.79 Å². The topological polar surface area (TPSA) is 20.3 Å². The van der Waals surface area contributed by atoms with Gasteiger partial charge in [-0.15, -0.1) is 0 Å². The number of likely N-dealkylation sites (tertiary alicyclic amines) is 1. The predicted octanol–water partition coefficient (Wildman–Crippen LogP) is 1.15. The summed E-state index contributed by atoms with van der Waals surface area (Å²) in [5.41, 5.74) is 0. The lowest BCUT2D eigenvalue weighted by Gasteiger charge is -2.24. The van der Waals surface area contributed by atoms with E-state index in [4.69, 9.17) is 0 Å². The van der Waals surface area contributed by atoms with Crippen LogP contribution in [-0.2, 0) is 4.79 Å². The van der Waals surface area contributed by atoms with Crippen molar-refractivity contribution in [3.8, 4) is 0 Å². The van der Waals surface area contributed by atoms with Crippen LogP contribution in [0, 0.1) is 12.0 Å². The van der Waals surface area contributed by atoms with Crippen LogP contribution in [0.15, 0.2) is 18.2 Å². The lowest BCUT2D eigenvalue weighted by Crippen LogP contribution is -2.35. The van der Waals surface area contributed by atoms with E-state index >= 15 is 0 Å². The zero-order valence-electron chi connectivity index (χ0n) is 7.16. The summed E-state index contributed by atoms with van der Waals surface area (Å²) in [5, 5.41) is 0. The smallest absolute Gasteiger partial charge is 0.219 e. The second-order valence-corrected chi connectivity index (χ2v) is 3.35. The van der Waals surface area contributed by atoms with Gasteiger partial charge in [-0.1, -0.05) is 18.2 Å². The van der Waals surface area contributed by atoms with Crippen LogP contribution in [0.25, 0.3) is 0 Å². The predicted molar refractivity (Wildman–Crippen MR) is 46.2 cm³/mol. The van der Waals surface area contributed by atoms with Crippen molar-refractivity contribution in [1.29, 1.82) is 0 Å². The van der Waals surface area contributed by atoms with Gasteiger partial charge in [-0.3, -0.25) is 4.79 Å². The maximum atomic E-state index is 11.2. The molecule has 1 saturated heterocycles. The zero-order chi connectivity index (χ0) is 8.55. The number of hydrogen-bond acceptors (Lipinski definition) is 1. The molecule has 0 N–H and O–H groups in total. The van der Waals surface area contributed by atoms with Crippen LogP contribution in [-0.4, -0.2) is 23.4 Å². The van der Waals surface area contributed by atoms with Crippen LogP contribution in [0.2, 0.25) is 0 Å². The molecule has 0 spiro atoms. The summed E-state index contributed by atoms with van der Waals surface area (Å²) in [6, 6.07) is 0.285. The minimum Gasteiger partial charge on any atom is -0.336 e. The summed E-state index contributed by atoms with van der Waals surface area (Å²) in [6.07, 6.45) is 10.2. The Morgan fingerprint density at radius 3 is 3.25 bits per heavy atom. The number of amides is 1. The van der Waals surface area contributed by atoms with Gasteiger partial charge in [0.2, 0.25) is 5.91 Å². The SMILES string of the molecule is CC(=O)N1CCC2C=C[C]=CC21. The van der Waals surface area contributed by atoms with Gasteiger partial charge < -0.3 is 4.90 Å². The molecule has 0 aromatic heterocycles. The third-order valence-corrected chi connectivity index (χ3v) is 2.61. The van der Waals surface area contributed by atoms with E-state index in [2.05, 4.69) is 12.2 Å². The number of rotatable bonds is 0. The maximum absolute atomic E-state index is 11.2. The molecule has 1 heterocycles. The molecule has 2 rings (SSSR count). The van der Waals surface area contributed by atoms with E-state index in [0.717, 1.165) is 13.0 Å². The van der Waals surface area contributed by atoms with E-state index in [1.807, 2.05) is 17.1 Å². The molecular formula is C10H12NO. The third-order valence-electron chi connectivity index (χ3n) is 2.61. The highest BCUT2D eigenvalue weighted by Gasteiger charge is 2.32. The fourth-order valence-corrected chi connectivity index (χ4v) is 1.96. The standard InChI is InChI=1S/C10H12NO/c1-8(12)11-7-6-9-4-2-3-5-10(9)11/h2,4-5,9-10H,6-7H2,1H3. The van der Waals surface area contributed by atoms with E-state index in [1.165, 1.54) is 0 Å². The first-order valence-corrected chi connectivity index (χ1v) is 4.32. The molecule has 2 atom stereocenters. The number of carbonyl (C=O) groups is 1. The Kier molecular flexibility index (Phi) is 1.75. The molecule has 0 aromatic carbocycles. The number of nitrogens with zero attached hydrogens (tertiary/aromatic N) is 1. The molecule has 0 aromatic rings. The molecule has 1 fully saturated rings. The summed E-state index contributed by atoms with van der Waals surface area (Å²) in [7, 11) is 0. The molecule has 1 radical (unpaired) electrons. The Balaban J connectivity index is 2.18. The van der Waals surface area contributed by atoms with Gasteiger partial charge in [0, 0.05) is 19.4 Å². The summed E-state index contributed by atoms with van der Waals surface area (Å²) >= 11 is 0. The van der Waals surface area contributed by atoms with Crippen molar-refractivity contribution < 1.29 is 4.79 Å². The van der Waals surface area contributed by atoms with E-state index in [-0.39, 0.29) is 11.9 Å². The molecule has 2 nitrogen and oxygen atoms in total. The van der Waals surface area contributed by atoms with Gasteiger partial charge in [-0.05, 0) is 12.5 Å². The first-order valence-electron chi connectivity index (χ1n) is 4.32. The van der Waals surface area contributed by atoms with Crippen molar-refractivity contribution in [1.82, 2.24) is 4.90 Å². The Labute approximate surface area is 72.6 Å². The normalized spacial score (nSPS) is 32.2. The summed E-state index contributed by atoms with van der Waals surface area (Å²) in [4.78, 5) is 13.1. The second-order valence-electron chi connectivity index (χ2n) is 3.35. The van der Waals surface area contributed by atoms with E-state index in [1.54, 1.807) is 6.92 Å². The lowest BCUT2D eigenvalue weighted by atomic mass is 9.96. The van der Waals surface area contributed by atoms with Crippen molar-refractivity contribution in [3.05, 3.63) is 24.3 Å². The highest BCUT2D eigenvalue weighted by atomic mass is 16.2. The summed E-state index contributed by atoms with van der Waals surface area (Å²) in [5.74, 6) is 0.714. The Bertz CT molecular complexity index is 255. The molecule has 63 valence electrons. The van der Waals surface area contributed by atoms with Gasteiger partial charge in [0.1, 0.15) is 0 Å². The van der Waals surface area contributed by atoms with Crippen LogP contribution < -0.4 is 0 Å². The fraction of sp³-hybridized carbons (Fsp3) is 0.500. The molecule has 1 aliphatic heterocycles. The minimum atomic E-state index is 0.177. The third kappa shape index (κ3) is 1.07. The molecule has 0 bridgehead atoms. The van der Waals surface area contributed by atoms with E-state index in [0.29, 0.717) is 5.92 Å². The van der Waals surface area contributed by atoms with Crippen molar-refractivity contribution in [2.75, 3.05) is 6.54 Å². The van der Waals surface area contributed by atoms with Gasteiger partial charge in [0.05, 0.1) is 6.04 Å². The number of hydrogen-bond donors (Lipinski definition) is 0. The Hall–Kier alpha value is -1.05. The number of allylic oxidation sites excluding steroid dienone is 2. The maximum Gasteiger partial charge on any atom is 0.219 e. The number of fused-ring (bicyclic) bond motifs is 1. The van der Waals surface area contributed by atoms with Crippen LogP contribution >= 0.6 is 0 Å². The van der Waals surface area contributed by atoms with Crippen molar-refractivity contribution in [3.63, 3.8) is 0 Å². The van der Waals surface area contributed by atoms with E-state index < -0.39 is 0 Å². The summed E-state index contributed by atoms with van der Waals surface area (Å²) in [6.45, 7) is 2.53. The van der Waals surface area contributed by atoms with Gasteiger partial charge >= 0.3 is 0 Å². The zero-order valence-corrected chi connectivity index (χ0v) is 7.16. The van der Waals surface area contributed by atoms with Crippen molar-refractivity contribution in [2.45, 2.75) is 19.4 Å². The van der Waals surface area contributed by atoms with Crippen molar-refractivity contribution in [2.24, 2.45) is 5.92 Å². The molecule has 2 aliphatic rings. The Morgan fingerprint density at radius 1 is 1.67 bits per heavy atom. The Morgan fingerprint density at radius 2 is 2.50 bits per heavy atom. The summed E-state index contributed by atoms with van der Waals surface area (Å²) < 4.78 is 0. The van der Waals surface area contributed by atoms with Crippen LogP contribution in [0.3, 0.4) is 0 Å². The average molecular weight is 162 g/mol. The van der Waals surface area contributed by atoms with Crippen LogP contribution in [0.4, 0.5) is 0 Å². The van der Waals surface area contributed by atoms with Crippen LogP contribution in [0.5, 0.6) is 0 Å². The van der Waals surface area contributed by atoms with Crippen molar-refractivity contribution >= 4 is 5.91 Å². The highest BCUT2D eigenvalue weighted by Crippen LogP contribution is 2.28. The molecule has 1 aliphatic carbocycles. The van der Waals surface area contributed by atoms with Gasteiger partial charge in [-0.25, -0.2) is 0 Å². The van der Waals surface area contributed by atoms with Gasteiger partial charge in [0.25, 0.3) is 0 Å². The van der Waals surface area contributed by atoms with Crippen LogP contribution in [0.1, 0.15) is 13.3 Å². The number of carbonyl (C=O) groups excluding carboxylic acids is 1. The quantitative estimate of drug-likeness (QED) is 0.523. The largest absolute Gasteiger partial charge is 0.336 e. The molecule has 12 heavy (non-hydrogen) atoms. The molecule has 0 saturated carbocycles. The fourth-order valence-electron chi connectivity index (χ4n) is 1.96. The monoisotopic (exact) mass is 162 g/mol. The molecule has 2 heteroatoms. The second kappa shape index (κ2) is 2.77. The molecular weight excluding hydrogens is 150 g/mol. The first kappa shape index (κ1) is 7.59. The van der Waals surface area contributed by atoms with Gasteiger partial charge in [0.15, 0.2) is 0 Å². The minimum absolute atomic E-state index is 0.177. The average Bonchev–Trinajstić information content (AvgIpc) is 2.47. The van der Waals surface area contributed by atoms with Gasteiger partial charge in [-0.2, -0.15) is 0 Å². The molecule has 1 amide bonds. The first-order chi connectivity index (χ1) is 5.79. The highest BCUT2D eigenvalue weighted by molar-refractivity contribution is 5.74.